The molecule has 0 spiro atoms. The normalized spacial score (nSPS) is 14.9. The van der Waals surface area contributed by atoms with Crippen LogP contribution in [0.3, 0.4) is 0 Å². The second-order valence-electron chi connectivity index (χ2n) is 7.68. The molecule has 0 amide bonds. The van der Waals surface area contributed by atoms with E-state index in [1.165, 1.54) is 53.7 Å². The predicted molar refractivity (Wildman–Crippen MR) is 122 cm³/mol. The number of pyridine rings is 1. The van der Waals surface area contributed by atoms with Gasteiger partial charge in [-0.15, -0.1) is 0 Å². The Balaban J connectivity index is 0.000000142. The SMILES string of the molecule is C1=CC2=C(CC1)CCc1c2ccc2ccccc12.O=c1ccc2ccccc2[nH]1. The summed E-state index contributed by atoms with van der Waals surface area (Å²) in [6, 6.07) is 24.4. The highest BCUT2D eigenvalue weighted by atomic mass is 16.1. The number of aromatic nitrogens is 1. The third-order valence-electron chi connectivity index (χ3n) is 5.92. The lowest BCUT2D eigenvalue weighted by atomic mass is 9.80. The largest absolute Gasteiger partial charge is 0.322 e. The fourth-order valence-corrected chi connectivity index (χ4v) is 4.48. The topological polar surface area (TPSA) is 32.9 Å². The van der Waals surface area contributed by atoms with Crippen LogP contribution in [0.4, 0.5) is 0 Å². The summed E-state index contributed by atoms with van der Waals surface area (Å²) < 4.78 is 0. The third-order valence-corrected chi connectivity index (χ3v) is 5.92. The van der Waals surface area contributed by atoms with Crippen LogP contribution in [0.1, 0.15) is 30.4 Å². The molecule has 0 bridgehead atoms. The van der Waals surface area contributed by atoms with Crippen LogP contribution in [-0.4, -0.2) is 4.98 Å². The summed E-state index contributed by atoms with van der Waals surface area (Å²) in [4.78, 5) is 13.6. The van der Waals surface area contributed by atoms with Gasteiger partial charge in [0, 0.05) is 11.6 Å². The number of fused-ring (bicyclic) bond motifs is 5. The van der Waals surface area contributed by atoms with Crippen molar-refractivity contribution in [3.63, 3.8) is 0 Å². The molecular formula is C27H23NO. The highest BCUT2D eigenvalue weighted by Crippen LogP contribution is 2.39. The molecule has 29 heavy (non-hydrogen) atoms. The Bertz CT molecular complexity index is 1320. The molecule has 1 aromatic heterocycles. The molecule has 0 unspecified atom stereocenters. The van der Waals surface area contributed by atoms with Crippen LogP contribution in [0.25, 0.3) is 27.2 Å². The molecule has 0 atom stereocenters. The molecule has 2 aliphatic rings. The average Bonchev–Trinajstić information content (AvgIpc) is 2.79. The zero-order chi connectivity index (χ0) is 19.6. The van der Waals surface area contributed by atoms with Crippen molar-refractivity contribution in [1.82, 2.24) is 4.98 Å². The molecule has 0 saturated carbocycles. The molecule has 3 aromatic carbocycles. The average molecular weight is 377 g/mol. The summed E-state index contributed by atoms with van der Waals surface area (Å²) in [5.41, 5.74) is 7.04. The summed E-state index contributed by atoms with van der Waals surface area (Å²) in [6.45, 7) is 0. The van der Waals surface area contributed by atoms with Gasteiger partial charge in [-0.25, -0.2) is 0 Å². The lowest BCUT2D eigenvalue weighted by Gasteiger charge is -2.25. The lowest BCUT2D eigenvalue weighted by molar-refractivity contribution is 0.831. The minimum Gasteiger partial charge on any atom is -0.322 e. The molecule has 1 heterocycles. The van der Waals surface area contributed by atoms with Crippen LogP contribution in [0.5, 0.6) is 0 Å². The van der Waals surface area contributed by atoms with Crippen LogP contribution in [0.2, 0.25) is 0 Å². The minimum absolute atomic E-state index is 0.0521. The maximum Gasteiger partial charge on any atom is 0.248 e. The molecule has 142 valence electrons. The van der Waals surface area contributed by atoms with Crippen LogP contribution < -0.4 is 5.56 Å². The van der Waals surface area contributed by atoms with Crippen LogP contribution in [-0.2, 0) is 6.42 Å². The van der Waals surface area contributed by atoms with E-state index >= 15 is 0 Å². The molecule has 0 saturated heterocycles. The fraction of sp³-hybridized carbons (Fsp3) is 0.148. The number of hydrogen-bond donors (Lipinski definition) is 1. The number of para-hydroxylation sites is 1. The molecule has 2 heteroatoms. The van der Waals surface area contributed by atoms with Gasteiger partial charge in [0.15, 0.2) is 0 Å². The van der Waals surface area contributed by atoms with Gasteiger partial charge in [0.25, 0.3) is 0 Å². The van der Waals surface area contributed by atoms with Crippen molar-refractivity contribution < 1.29 is 0 Å². The first-order valence-corrected chi connectivity index (χ1v) is 10.3. The fourth-order valence-electron chi connectivity index (χ4n) is 4.48. The number of benzene rings is 3. The Morgan fingerprint density at radius 1 is 0.724 bits per heavy atom. The van der Waals surface area contributed by atoms with Crippen molar-refractivity contribution in [3.05, 3.63) is 112 Å². The summed E-state index contributed by atoms with van der Waals surface area (Å²) in [7, 11) is 0. The van der Waals surface area contributed by atoms with E-state index < -0.39 is 0 Å². The van der Waals surface area contributed by atoms with Crippen molar-refractivity contribution in [2.75, 3.05) is 0 Å². The number of nitrogens with one attached hydrogen (secondary N) is 1. The van der Waals surface area contributed by atoms with Crippen molar-refractivity contribution in [2.24, 2.45) is 0 Å². The smallest absolute Gasteiger partial charge is 0.248 e. The molecule has 0 fully saturated rings. The number of aromatic amines is 1. The van der Waals surface area contributed by atoms with Gasteiger partial charge in [-0.05, 0) is 70.7 Å². The highest BCUT2D eigenvalue weighted by molar-refractivity contribution is 5.93. The van der Waals surface area contributed by atoms with Crippen molar-refractivity contribution in [2.45, 2.75) is 25.7 Å². The van der Waals surface area contributed by atoms with Crippen LogP contribution in [0, 0.1) is 0 Å². The van der Waals surface area contributed by atoms with Gasteiger partial charge in [0.2, 0.25) is 5.56 Å². The minimum atomic E-state index is -0.0521. The van der Waals surface area contributed by atoms with E-state index in [1.807, 2.05) is 30.3 Å². The third kappa shape index (κ3) is 3.42. The molecule has 2 aliphatic carbocycles. The summed E-state index contributed by atoms with van der Waals surface area (Å²) >= 11 is 0. The van der Waals surface area contributed by atoms with Gasteiger partial charge < -0.3 is 4.98 Å². The number of aryl methyl sites for hydroxylation is 1. The summed E-state index contributed by atoms with van der Waals surface area (Å²) in [6.07, 6.45) is 9.61. The quantitative estimate of drug-likeness (QED) is 0.377. The maximum atomic E-state index is 10.8. The van der Waals surface area contributed by atoms with Gasteiger partial charge in [-0.1, -0.05) is 72.3 Å². The molecule has 1 N–H and O–H groups in total. The zero-order valence-electron chi connectivity index (χ0n) is 16.3. The van der Waals surface area contributed by atoms with Gasteiger partial charge in [-0.2, -0.15) is 0 Å². The Labute approximate surface area is 170 Å². The first-order chi connectivity index (χ1) is 14.3. The number of H-pyrrole nitrogens is 1. The van der Waals surface area contributed by atoms with Gasteiger partial charge in [-0.3, -0.25) is 4.79 Å². The second-order valence-corrected chi connectivity index (χ2v) is 7.68. The van der Waals surface area contributed by atoms with E-state index in [0.717, 1.165) is 10.9 Å². The number of rotatable bonds is 0. The van der Waals surface area contributed by atoms with Gasteiger partial charge in [0.05, 0.1) is 0 Å². The van der Waals surface area contributed by atoms with E-state index in [4.69, 9.17) is 0 Å². The first kappa shape index (κ1) is 17.7. The van der Waals surface area contributed by atoms with Gasteiger partial charge in [0.1, 0.15) is 0 Å². The number of hydrogen-bond acceptors (Lipinski definition) is 1. The molecular weight excluding hydrogens is 354 g/mol. The maximum absolute atomic E-state index is 10.8. The monoisotopic (exact) mass is 377 g/mol. The second kappa shape index (κ2) is 7.56. The van der Waals surface area contributed by atoms with E-state index in [9.17, 15) is 4.79 Å². The van der Waals surface area contributed by atoms with Crippen molar-refractivity contribution in [3.8, 4) is 0 Å². The van der Waals surface area contributed by atoms with Gasteiger partial charge >= 0.3 is 0 Å². The predicted octanol–water partition coefficient (Wildman–Crippen LogP) is 6.42. The Morgan fingerprint density at radius 2 is 1.52 bits per heavy atom. The van der Waals surface area contributed by atoms with Crippen molar-refractivity contribution in [1.29, 1.82) is 0 Å². The molecule has 0 radical (unpaired) electrons. The summed E-state index contributed by atoms with van der Waals surface area (Å²) in [5, 5.41) is 3.88. The van der Waals surface area contributed by atoms with Crippen LogP contribution >= 0.6 is 0 Å². The molecule has 4 aromatic rings. The molecule has 6 rings (SSSR count). The first-order valence-electron chi connectivity index (χ1n) is 10.3. The Morgan fingerprint density at radius 3 is 2.45 bits per heavy atom. The Kier molecular flexibility index (Phi) is 4.61. The van der Waals surface area contributed by atoms with Crippen LogP contribution in [0.15, 0.2) is 95.3 Å². The highest BCUT2D eigenvalue weighted by Gasteiger charge is 2.20. The van der Waals surface area contributed by atoms with E-state index in [1.54, 1.807) is 11.1 Å². The van der Waals surface area contributed by atoms with E-state index in [2.05, 4.69) is 53.5 Å². The van der Waals surface area contributed by atoms with Crippen molar-refractivity contribution >= 4 is 27.2 Å². The van der Waals surface area contributed by atoms with E-state index in [0.29, 0.717) is 0 Å². The number of allylic oxidation sites excluding steroid dienone is 4. The molecule has 2 nitrogen and oxygen atoms in total. The molecule has 0 aliphatic heterocycles. The lowest BCUT2D eigenvalue weighted by Crippen LogP contribution is -2.06. The zero-order valence-corrected chi connectivity index (χ0v) is 16.3. The Hall–Kier alpha value is -3.39. The standard InChI is InChI=1S/C18H16.C9H7NO/c1-3-7-15-13(5-1)9-11-18-16-8-4-2-6-14(16)10-12-17(15)18;11-9-6-5-7-3-1-2-4-8(7)10-9/h1,3-5,7-9,11H,2,6,10,12H2;1-6H,(H,10,11). The summed E-state index contributed by atoms with van der Waals surface area (Å²) in [5.74, 6) is 0. The van der Waals surface area contributed by atoms with E-state index in [-0.39, 0.29) is 5.56 Å².